The van der Waals surface area contributed by atoms with Gasteiger partial charge in [-0.25, -0.2) is 4.98 Å². The first-order valence-electron chi connectivity index (χ1n) is 5.43. The number of nitrogens with zero attached hydrogens (tertiary/aromatic N) is 2. The van der Waals surface area contributed by atoms with Crippen molar-refractivity contribution in [1.82, 2.24) is 9.88 Å². The number of carbonyl (C=O) groups is 2. The fourth-order valence-corrected chi connectivity index (χ4v) is 2.55. The average molecular weight is 280 g/mol. The number of rotatable bonds is 4. The summed E-state index contributed by atoms with van der Waals surface area (Å²) in [6.07, 6.45) is 0. The molecule has 0 aliphatic rings. The molecule has 6 nitrogen and oxygen atoms in total. The van der Waals surface area contributed by atoms with E-state index in [0.717, 1.165) is 9.60 Å². The second-order valence-electron chi connectivity index (χ2n) is 3.91. The number of ether oxygens (including phenoxy) is 1. The van der Waals surface area contributed by atoms with Gasteiger partial charge in [-0.05, 0) is 18.2 Å². The summed E-state index contributed by atoms with van der Waals surface area (Å²) >= 11 is 1.22. The predicted octanol–water partition coefficient (Wildman–Crippen LogP) is 1.46. The molecule has 0 saturated carbocycles. The number of hydrogen-bond acceptors (Lipinski definition) is 5. The third kappa shape index (κ3) is 2.82. The number of aliphatic carboxylic acids is 1. The fourth-order valence-electron chi connectivity index (χ4n) is 1.56. The first kappa shape index (κ1) is 13.3. The van der Waals surface area contributed by atoms with Gasteiger partial charge in [0.1, 0.15) is 12.3 Å². The molecule has 0 radical (unpaired) electrons. The predicted molar refractivity (Wildman–Crippen MR) is 70.8 cm³/mol. The summed E-state index contributed by atoms with van der Waals surface area (Å²) in [5, 5.41) is 8.93. The minimum Gasteiger partial charge on any atom is -0.497 e. The molecule has 0 atom stereocenters. The van der Waals surface area contributed by atoms with Crippen molar-refractivity contribution in [3.63, 3.8) is 0 Å². The van der Waals surface area contributed by atoms with E-state index >= 15 is 0 Å². The molecule has 1 aromatic carbocycles. The maximum absolute atomic E-state index is 12.0. The standard InChI is InChI=1S/C12H12N2O4S/c1-14(6-10(15)16)12(17)11-13-8-4-3-7(18-2)5-9(8)19-11/h3-5H,6H2,1-2H3,(H,15,16). The lowest BCUT2D eigenvalue weighted by molar-refractivity contribution is -0.137. The van der Waals surface area contributed by atoms with Crippen LogP contribution in [0, 0.1) is 0 Å². The third-order valence-corrected chi connectivity index (χ3v) is 3.50. The number of carboxylic acids is 1. The van der Waals surface area contributed by atoms with Crippen LogP contribution in [0.2, 0.25) is 0 Å². The van der Waals surface area contributed by atoms with Crippen molar-refractivity contribution in [3.8, 4) is 5.75 Å². The Kier molecular flexibility index (Phi) is 3.66. The highest BCUT2D eigenvalue weighted by molar-refractivity contribution is 7.20. The Hall–Kier alpha value is -2.15. The van der Waals surface area contributed by atoms with E-state index in [4.69, 9.17) is 9.84 Å². The van der Waals surface area contributed by atoms with Gasteiger partial charge in [0.15, 0.2) is 5.01 Å². The van der Waals surface area contributed by atoms with Gasteiger partial charge < -0.3 is 14.7 Å². The van der Waals surface area contributed by atoms with Crippen molar-refractivity contribution in [2.45, 2.75) is 0 Å². The molecule has 19 heavy (non-hydrogen) atoms. The van der Waals surface area contributed by atoms with Crippen LogP contribution in [0.25, 0.3) is 10.2 Å². The summed E-state index contributed by atoms with van der Waals surface area (Å²) in [6, 6.07) is 5.32. The third-order valence-electron chi connectivity index (χ3n) is 2.50. The van der Waals surface area contributed by atoms with Gasteiger partial charge in [-0.15, -0.1) is 11.3 Å². The maximum atomic E-state index is 12.0. The first-order valence-corrected chi connectivity index (χ1v) is 6.24. The quantitative estimate of drug-likeness (QED) is 0.917. The van der Waals surface area contributed by atoms with Crippen molar-refractivity contribution in [3.05, 3.63) is 23.2 Å². The molecule has 0 aliphatic carbocycles. The Morgan fingerprint density at radius 2 is 2.21 bits per heavy atom. The minimum atomic E-state index is -1.06. The van der Waals surface area contributed by atoms with Crippen molar-refractivity contribution in [2.24, 2.45) is 0 Å². The molecule has 0 saturated heterocycles. The van der Waals surface area contributed by atoms with E-state index < -0.39 is 11.9 Å². The Labute approximate surface area is 113 Å². The summed E-state index contributed by atoms with van der Waals surface area (Å²) in [5.41, 5.74) is 0.692. The minimum absolute atomic E-state index is 0.270. The molecule has 0 fully saturated rings. The van der Waals surface area contributed by atoms with Crippen LogP contribution in [0.4, 0.5) is 0 Å². The zero-order valence-corrected chi connectivity index (χ0v) is 11.2. The first-order chi connectivity index (χ1) is 9.01. The van der Waals surface area contributed by atoms with Crippen LogP contribution < -0.4 is 4.74 Å². The number of fused-ring (bicyclic) bond motifs is 1. The van der Waals surface area contributed by atoms with Crippen LogP contribution in [-0.2, 0) is 4.79 Å². The number of carbonyl (C=O) groups excluding carboxylic acids is 1. The molecule has 0 unspecified atom stereocenters. The number of amides is 1. The lowest BCUT2D eigenvalue weighted by Crippen LogP contribution is -2.31. The molecule has 0 aliphatic heterocycles. The molecule has 1 amide bonds. The van der Waals surface area contributed by atoms with Crippen molar-refractivity contribution < 1.29 is 19.4 Å². The smallest absolute Gasteiger partial charge is 0.323 e. The van der Waals surface area contributed by atoms with Crippen LogP contribution in [0.5, 0.6) is 5.75 Å². The van der Waals surface area contributed by atoms with Gasteiger partial charge >= 0.3 is 5.97 Å². The second-order valence-corrected chi connectivity index (χ2v) is 4.94. The van der Waals surface area contributed by atoms with Gasteiger partial charge in [0.05, 0.1) is 17.3 Å². The highest BCUT2D eigenvalue weighted by atomic mass is 32.1. The van der Waals surface area contributed by atoms with Crippen LogP contribution >= 0.6 is 11.3 Å². The molecular formula is C12H12N2O4S. The molecule has 2 aromatic rings. The van der Waals surface area contributed by atoms with Crippen molar-refractivity contribution >= 4 is 33.4 Å². The van der Waals surface area contributed by atoms with E-state index in [-0.39, 0.29) is 11.6 Å². The van der Waals surface area contributed by atoms with Gasteiger partial charge in [0.25, 0.3) is 5.91 Å². The Morgan fingerprint density at radius 1 is 1.47 bits per heavy atom. The molecule has 100 valence electrons. The molecule has 7 heteroatoms. The number of thiazole rings is 1. The number of benzene rings is 1. The van der Waals surface area contributed by atoms with Gasteiger partial charge in [-0.2, -0.15) is 0 Å². The van der Waals surface area contributed by atoms with E-state index in [2.05, 4.69) is 4.98 Å². The summed E-state index contributed by atoms with van der Waals surface area (Å²) in [4.78, 5) is 27.9. The van der Waals surface area contributed by atoms with Crippen LogP contribution in [-0.4, -0.2) is 47.6 Å². The van der Waals surface area contributed by atoms with Crippen LogP contribution in [0.3, 0.4) is 0 Å². The highest BCUT2D eigenvalue weighted by Crippen LogP contribution is 2.26. The van der Waals surface area contributed by atoms with E-state index in [1.807, 2.05) is 0 Å². The summed E-state index contributed by atoms with van der Waals surface area (Å²) in [7, 11) is 3.00. The highest BCUT2D eigenvalue weighted by Gasteiger charge is 2.18. The monoisotopic (exact) mass is 280 g/mol. The van der Waals surface area contributed by atoms with Gasteiger partial charge in [-0.3, -0.25) is 9.59 Å². The number of carboxylic acid groups (broad SMARTS) is 1. The maximum Gasteiger partial charge on any atom is 0.323 e. The number of methoxy groups -OCH3 is 1. The van der Waals surface area contributed by atoms with Gasteiger partial charge in [0, 0.05) is 7.05 Å². The zero-order chi connectivity index (χ0) is 14.0. The normalized spacial score (nSPS) is 10.4. The van der Waals surface area contributed by atoms with Crippen LogP contribution in [0.1, 0.15) is 9.80 Å². The fraction of sp³-hybridized carbons (Fsp3) is 0.250. The van der Waals surface area contributed by atoms with Crippen molar-refractivity contribution in [1.29, 1.82) is 0 Å². The molecule has 2 rings (SSSR count). The molecule has 1 aromatic heterocycles. The molecular weight excluding hydrogens is 268 g/mol. The molecule has 1 N–H and O–H groups in total. The largest absolute Gasteiger partial charge is 0.497 e. The molecule has 0 spiro atoms. The molecule has 0 bridgehead atoms. The van der Waals surface area contributed by atoms with E-state index in [1.54, 1.807) is 25.3 Å². The SMILES string of the molecule is COc1ccc2nc(C(=O)N(C)CC(=O)O)sc2c1. The van der Waals surface area contributed by atoms with E-state index in [1.165, 1.54) is 18.4 Å². The Balaban J connectivity index is 2.30. The zero-order valence-electron chi connectivity index (χ0n) is 10.4. The topological polar surface area (TPSA) is 79.7 Å². The lowest BCUT2D eigenvalue weighted by atomic mass is 10.3. The van der Waals surface area contributed by atoms with E-state index in [0.29, 0.717) is 11.3 Å². The number of likely N-dealkylation sites (N-methyl/N-ethyl adjacent to an activating group) is 1. The number of aromatic nitrogens is 1. The van der Waals surface area contributed by atoms with Crippen molar-refractivity contribution in [2.75, 3.05) is 20.7 Å². The summed E-state index contributed by atoms with van der Waals surface area (Å²) in [5.74, 6) is -0.768. The second kappa shape index (κ2) is 5.23. The Morgan fingerprint density at radius 3 is 2.84 bits per heavy atom. The van der Waals surface area contributed by atoms with E-state index in [9.17, 15) is 9.59 Å². The summed E-state index contributed by atoms with van der Waals surface area (Å²) < 4.78 is 5.92. The molecule has 1 heterocycles. The van der Waals surface area contributed by atoms with Crippen LogP contribution in [0.15, 0.2) is 18.2 Å². The lowest BCUT2D eigenvalue weighted by Gasteiger charge is -2.11. The summed E-state index contributed by atoms with van der Waals surface area (Å²) in [6.45, 7) is -0.349. The van der Waals surface area contributed by atoms with Gasteiger partial charge in [-0.1, -0.05) is 0 Å². The van der Waals surface area contributed by atoms with Gasteiger partial charge in [0.2, 0.25) is 0 Å². The number of hydrogen-bond donors (Lipinski definition) is 1. The Bertz CT molecular complexity index is 638. The average Bonchev–Trinajstić information content (AvgIpc) is 2.79.